The van der Waals surface area contributed by atoms with E-state index in [0.717, 1.165) is 42.3 Å². The molecule has 96 valence electrons. The Morgan fingerprint density at radius 3 is 2.89 bits per heavy atom. The molecule has 18 heavy (non-hydrogen) atoms. The molecule has 0 fully saturated rings. The van der Waals surface area contributed by atoms with Gasteiger partial charge in [0.1, 0.15) is 0 Å². The maximum atomic E-state index is 12.1. The van der Waals surface area contributed by atoms with Crippen LogP contribution in [0.4, 0.5) is 0 Å². The number of aromatic amines is 1. The van der Waals surface area contributed by atoms with E-state index < -0.39 is 0 Å². The van der Waals surface area contributed by atoms with E-state index in [2.05, 4.69) is 10.3 Å². The van der Waals surface area contributed by atoms with Gasteiger partial charge in [-0.3, -0.25) is 4.79 Å². The first-order valence-electron chi connectivity index (χ1n) is 6.57. The summed E-state index contributed by atoms with van der Waals surface area (Å²) in [4.78, 5) is 15.3. The van der Waals surface area contributed by atoms with E-state index in [4.69, 9.17) is 0 Å². The summed E-state index contributed by atoms with van der Waals surface area (Å²) in [5.74, 6) is 0.247. The lowest BCUT2D eigenvalue weighted by Gasteiger charge is -2.00. The molecule has 0 spiro atoms. The monoisotopic (exact) mass is 244 g/mol. The minimum Gasteiger partial charge on any atom is -0.360 e. The quantitative estimate of drug-likeness (QED) is 0.580. The first-order valence-corrected chi connectivity index (χ1v) is 6.57. The van der Waals surface area contributed by atoms with Crippen molar-refractivity contribution in [3.8, 4) is 0 Å². The molecular formula is C15H20N2O. The van der Waals surface area contributed by atoms with Crippen LogP contribution in [0.2, 0.25) is 0 Å². The Bertz CT molecular complexity index is 516. The molecule has 0 saturated carbocycles. The number of benzene rings is 1. The summed E-state index contributed by atoms with van der Waals surface area (Å²) in [6.45, 7) is 1.03. The van der Waals surface area contributed by atoms with Crippen molar-refractivity contribution < 1.29 is 4.79 Å². The SMILES string of the molecule is CNCCCCCC(=O)c1c[nH]c2ccccc12. The number of H-pyrrole nitrogens is 1. The number of carbonyl (C=O) groups excluding carboxylic acids is 1. The highest BCUT2D eigenvalue weighted by Crippen LogP contribution is 2.19. The fraction of sp³-hybridized carbons (Fsp3) is 0.400. The summed E-state index contributed by atoms with van der Waals surface area (Å²) in [6.07, 6.45) is 5.69. The second-order valence-electron chi connectivity index (χ2n) is 4.59. The molecule has 2 N–H and O–H groups in total. The number of para-hydroxylation sites is 1. The molecule has 2 aromatic rings. The molecule has 0 bridgehead atoms. The maximum absolute atomic E-state index is 12.1. The predicted molar refractivity (Wildman–Crippen MR) is 75.0 cm³/mol. The van der Waals surface area contributed by atoms with Crippen molar-refractivity contribution >= 4 is 16.7 Å². The molecular weight excluding hydrogens is 224 g/mol. The first-order chi connectivity index (χ1) is 8.83. The van der Waals surface area contributed by atoms with Crippen LogP contribution in [0.5, 0.6) is 0 Å². The number of rotatable bonds is 7. The Balaban J connectivity index is 1.93. The second kappa shape index (κ2) is 6.36. The van der Waals surface area contributed by atoms with Crippen LogP contribution in [0.3, 0.4) is 0 Å². The molecule has 3 nitrogen and oxygen atoms in total. The first kappa shape index (κ1) is 12.8. The third kappa shape index (κ3) is 2.99. The van der Waals surface area contributed by atoms with E-state index in [9.17, 15) is 4.79 Å². The van der Waals surface area contributed by atoms with Crippen molar-refractivity contribution in [3.63, 3.8) is 0 Å². The lowest BCUT2D eigenvalue weighted by molar-refractivity contribution is 0.0981. The summed E-state index contributed by atoms with van der Waals surface area (Å²) < 4.78 is 0. The van der Waals surface area contributed by atoms with Gasteiger partial charge in [-0.25, -0.2) is 0 Å². The van der Waals surface area contributed by atoms with E-state index in [1.54, 1.807) is 0 Å². The molecule has 0 aliphatic heterocycles. The summed E-state index contributed by atoms with van der Waals surface area (Å²) >= 11 is 0. The predicted octanol–water partition coefficient (Wildman–Crippen LogP) is 3.13. The number of aromatic nitrogens is 1. The van der Waals surface area contributed by atoms with E-state index in [0.29, 0.717) is 6.42 Å². The molecule has 0 unspecified atom stereocenters. The standard InChI is InChI=1S/C15H20N2O/c1-16-10-6-2-3-9-15(18)13-11-17-14-8-5-4-7-12(13)14/h4-5,7-8,11,16-17H,2-3,6,9-10H2,1H3. The molecule has 2 rings (SSSR count). The van der Waals surface area contributed by atoms with Gasteiger partial charge in [-0.15, -0.1) is 0 Å². The largest absolute Gasteiger partial charge is 0.360 e. The van der Waals surface area contributed by atoms with Crippen LogP contribution < -0.4 is 5.32 Å². The van der Waals surface area contributed by atoms with Gasteiger partial charge < -0.3 is 10.3 Å². The Labute approximate surface area is 108 Å². The summed E-state index contributed by atoms with van der Waals surface area (Å²) in [5.41, 5.74) is 1.87. The van der Waals surface area contributed by atoms with Gasteiger partial charge in [-0.05, 0) is 32.5 Å². The fourth-order valence-corrected chi connectivity index (χ4v) is 2.20. The van der Waals surface area contributed by atoms with Gasteiger partial charge in [0.05, 0.1) is 0 Å². The molecule has 3 heteroatoms. The Hall–Kier alpha value is -1.61. The number of nitrogens with one attached hydrogen (secondary N) is 2. The average Bonchev–Trinajstić information content (AvgIpc) is 2.82. The average molecular weight is 244 g/mol. The molecule has 1 heterocycles. The zero-order chi connectivity index (χ0) is 12.8. The minimum absolute atomic E-state index is 0.247. The molecule has 0 aliphatic carbocycles. The summed E-state index contributed by atoms with van der Waals surface area (Å²) in [6, 6.07) is 7.95. The number of hydrogen-bond donors (Lipinski definition) is 2. The van der Waals surface area contributed by atoms with Gasteiger partial charge in [0, 0.05) is 29.1 Å². The molecule has 0 atom stereocenters. The molecule has 0 amide bonds. The Kier molecular flexibility index (Phi) is 4.53. The Morgan fingerprint density at radius 1 is 1.22 bits per heavy atom. The zero-order valence-corrected chi connectivity index (χ0v) is 10.8. The van der Waals surface area contributed by atoms with Crippen LogP contribution in [0.25, 0.3) is 10.9 Å². The highest BCUT2D eigenvalue weighted by molar-refractivity contribution is 6.07. The summed E-state index contributed by atoms with van der Waals surface area (Å²) in [7, 11) is 1.96. The normalized spacial score (nSPS) is 10.9. The highest BCUT2D eigenvalue weighted by atomic mass is 16.1. The van der Waals surface area contributed by atoms with Crippen LogP contribution >= 0.6 is 0 Å². The molecule has 1 aromatic heterocycles. The van der Waals surface area contributed by atoms with E-state index in [1.807, 2.05) is 37.5 Å². The van der Waals surface area contributed by atoms with E-state index in [1.165, 1.54) is 0 Å². The van der Waals surface area contributed by atoms with Crippen molar-refractivity contribution in [1.82, 2.24) is 10.3 Å². The van der Waals surface area contributed by atoms with Gasteiger partial charge in [0.25, 0.3) is 0 Å². The van der Waals surface area contributed by atoms with Gasteiger partial charge in [-0.2, -0.15) is 0 Å². The fourth-order valence-electron chi connectivity index (χ4n) is 2.20. The summed E-state index contributed by atoms with van der Waals surface area (Å²) in [5, 5.41) is 4.16. The van der Waals surface area contributed by atoms with Gasteiger partial charge in [-0.1, -0.05) is 24.6 Å². The van der Waals surface area contributed by atoms with Crippen LogP contribution in [0.1, 0.15) is 36.0 Å². The molecule has 1 aromatic carbocycles. The van der Waals surface area contributed by atoms with Crippen LogP contribution in [0.15, 0.2) is 30.5 Å². The number of hydrogen-bond acceptors (Lipinski definition) is 2. The van der Waals surface area contributed by atoms with Crippen LogP contribution in [-0.4, -0.2) is 24.4 Å². The van der Waals surface area contributed by atoms with Crippen molar-refractivity contribution in [2.45, 2.75) is 25.7 Å². The molecule has 0 radical (unpaired) electrons. The number of fused-ring (bicyclic) bond motifs is 1. The van der Waals surface area contributed by atoms with Gasteiger partial charge in [0.2, 0.25) is 0 Å². The topological polar surface area (TPSA) is 44.9 Å². The lowest BCUT2D eigenvalue weighted by atomic mass is 10.0. The highest BCUT2D eigenvalue weighted by Gasteiger charge is 2.10. The van der Waals surface area contributed by atoms with Crippen LogP contribution in [-0.2, 0) is 0 Å². The van der Waals surface area contributed by atoms with Crippen molar-refractivity contribution in [3.05, 3.63) is 36.0 Å². The number of Topliss-reactive ketones (excluding diaryl/α,β-unsaturated/α-hetero) is 1. The minimum atomic E-state index is 0.247. The number of unbranched alkanes of at least 4 members (excludes halogenated alkanes) is 2. The number of carbonyl (C=O) groups is 1. The molecule has 0 aliphatic rings. The zero-order valence-electron chi connectivity index (χ0n) is 10.8. The van der Waals surface area contributed by atoms with Crippen molar-refractivity contribution in [2.24, 2.45) is 0 Å². The van der Waals surface area contributed by atoms with Crippen LogP contribution in [0, 0.1) is 0 Å². The van der Waals surface area contributed by atoms with E-state index in [-0.39, 0.29) is 5.78 Å². The number of ketones is 1. The van der Waals surface area contributed by atoms with Gasteiger partial charge in [0.15, 0.2) is 5.78 Å². The van der Waals surface area contributed by atoms with Gasteiger partial charge >= 0.3 is 0 Å². The smallest absolute Gasteiger partial charge is 0.165 e. The molecule has 0 saturated heterocycles. The maximum Gasteiger partial charge on any atom is 0.165 e. The Morgan fingerprint density at radius 2 is 2.06 bits per heavy atom. The second-order valence-corrected chi connectivity index (χ2v) is 4.59. The van der Waals surface area contributed by atoms with Crippen molar-refractivity contribution in [2.75, 3.05) is 13.6 Å². The lowest BCUT2D eigenvalue weighted by Crippen LogP contribution is -2.07. The van der Waals surface area contributed by atoms with Crippen molar-refractivity contribution in [1.29, 1.82) is 0 Å². The van der Waals surface area contributed by atoms with E-state index >= 15 is 0 Å². The third-order valence-corrected chi connectivity index (χ3v) is 3.22. The third-order valence-electron chi connectivity index (χ3n) is 3.22.